The Hall–Kier alpha value is -4.40. The fraction of sp³-hybridized carbons (Fsp3) is 0.296. The fourth-order valence-corrected chi connectivity index (χ4v) is 5.97. The molecule has 0 unspecified atom stereocenters. The minimum Gasteiger partial charge on any atom is -0.365 e. The van der Waals surface area contributed by atoms with Crippen molar-refractivity contribution in [3.63, 3.8) is 0 Å². The van der Waals surface area contributed by atoms with E-state index in [0.717, 1.165) is 0 Å². The van der Waals surface area contributed by atoms with E-state index in [1.165, 1.54) is 28.8 Å². The molecular formula is C27H24F4N8O2S. The maximum absolute atomic E-state index is 13.7. The molecule has 5 heterocycles. The number of nitrogens with zero attached hydrogens (tertiary/aromatic N) is 7. The van der Waals surface area contributed by atoms with Gasteiger partial charge >= 0.3 is 6.18 Å². The summed E-state index contributed by atoms with van der Waals surface area (Å²) < 4.78 is 55.5. The third-order valence-corrected chi connectivity index (χ3v) is 8.22. The van der Waals surface area contributed by atoms with Crippen LogP contribution in [0.25, 0.3) is 28.3 Å². The van der Waals surface area contributed by atoms with E-state index >= 15 is 0 Å². The first kappa shape index (κ1) is 27.8. The maximum Gasteiger partial charge on any atom is 0.397 e. The Morgan fingerprint density at radius 2 is 1.81 bits per heavy atom. The first-order valence-electron chi connectivity index (χ1n) is 13.0. The van der Waals surface area contributed by atoms with Crippen molar-refractivity contribution in [3.05, 3.63) is 65.8 Å². The van der Waals surface area contributed by atoms with E-state index in [1.807, 2.05) is 4.57 Å². The van der Waals surface area contributed by atoms with Gasteiger partial charge in [-0.15, -0.1) is 0 Å². The summed E-state index contributed by atoms with van der Waals surface area (Å²) in [6.07, 6.45) is -0.167. The topological polar surface area (TPSA) is 115 Å². The number of fused-ring (bicyclic) bond motifs is 1. The monoisotopic (exact) mass is 600 g/mol. The van der Waals surface area contributed by atoms with Crippen LogP contribution in [0.3, 0.4) is 0 Å². The summed E-state index contributed by atoms with van der Waals surface area (Å²) in [7, 11) is 0. The highest BCUT2D eigenvalue weighted by atomic mass is 32.2. The molecule has 0 spiro atoms. The number of rotatable bonds is 6. The van der Waals surface area contributed by atoms with Gasteiger partial charge in [0.1, 0.15) is 17.9 Å². The average Bonchev–Trinajstić information content (AvgIpc) is 3.70. The van der Waals surface area contributed by atoms with Gasteiger partial charge in [0.25, 0.3) is 5.91 Å². The van der Waals surface area contributed by atoms with Crippen molar-refractivity contribution in [1.29, 1.82) is 0 Å². The molecule has 1 aromatic carbocycles. The molecule has 2 amide bonds. The number of anilines is 1. The van der Waals surface area contributed by atoms with Crippen LogP contribution in [0.2, 0.25) is 0 Å². The van der Waals surface area contributed by atoms with E-state index in [1.54, 1.807) is 52.4 Å². The molecule has 1 fully saturated rings. The van der Waals surface area contributed by atoms with Crippen molar-refractivity contribution >= 4 is 35.0 Å². The quantitative estimate of drug-likeness (QED) is 0.327. The lowest BCUT2D eigenvalue weighted by Gasteiger charge is -2.33. The molecule has 2 aliphatic rings. The third-order valence-electron chi connectivity index (χ3n) is 7.19. The summed E-state index contributed by atoms with van der Waals surface area (Å²) in [6.45, 7) is 0.351. The molecule has 10 nitrogen and oxygen atoms in total. The lowest BCUT2D eigenvalue weighted by molar-refractivity contribution is -0.162. The predicted molar refractivity (Wildman–Crippen MR) is 147 cm³/mol. The molecule has 6 rings (SSSR count). The number of aromatic nitrogens is 5. The molecule has 0 atom stereocenters. The number of imidazole rings is 2. The van der Waals surface area contributed by atoms with Gasteiger partial charge in [-0.1, -0.05) is 11.8 Å². The summed E-state index contributed by atoms with van der Waals surface area (Å²) in [4.78, 5) is 36.4. The third kappa shape index (κ3) is 5.55. The highest BCUT2D eigenvalue weighted by Gasteiger charge is 2.35. The van der Waals surface area contributed by atoms with Crippen LogP contribution in [0.4, 0.5) is 23.4 Å². The van der Waals surface area contributed by atoms with Crippen LogP contribution in [0.5, 0.6) is 0 Å². The Labute approximate surface area is 240 Å². The number of alkyl halides is 3. The number of hydrogen-bond acceptors (Lipinski definition) is 7. The highest BCUT2D eigenvalue weighted by molar-refractivity contribution is 8.04. The molecule has 0 radical (unpaired) electrons. The Morgan fingerprint density at radius 3 is 2.48 bits per heavy atom. The van der Waals surface area contributed by atoms with Crippen molar-refractivity contribution in [2.45, 2.75) is 31.5 Å². The number of likely N-dealkylation sites (tertiary alicyclic amines) is 1. The van der Waals surface area contributed by atoms with Crippen LogP contribution in [-0.2, 0) is 9.59 Å². The molecule has 0 bridgehead atoms. The van der Waals surface area contributed by atoms with Gasteiger partial charge in [0.05, 0.1) is 34.7 Å². The Kier molecular flexibility index (Phi) is 7.12. The smallest absolute Gasteiger partial charge is 0.365 e. The van der Waals surface area contributed by atoms with Gasteiger partial charge < -0.3 is 20.1 Å². The molecule has 0 saturated carbocycles. The van der Waals surface area contributed by atoms with Gasteiger partial charge in [0.2, 0.25) is 5.91 Å². The maximum atomic E-state index is 13.7. The van der Waals surface area contributed by atoms with Gasteiger partial charge in [-0.25, -0.2) is 18.9 Å². The van der Waals surface area contributed by atoms with Crippen molar-refractivity contribution in [1.82, 2.24) is 29.0 Å². The SMILES string of the molecule is NC(=O)C1=CN(c2cn3nc(-c4c(-c5ccc(F)cc5)ncn4C4CCN(C(=O)CC(F)(F)F)CC4)ccc3n2)CS1. The fourth-order valence-electron chi connectivity index (χ4n) is 5.14. The van der Waals surface area contributed by atoms with E-state index in [2.05, 4.69) is 9.97 Å². The number of carbonyl (C=O) groups is 2. The van der Waals surface area contributed by atoms with Crippen molar-refractivity contribution in [3.8, 4) is 22.6 Å². The minimum atomic E-state index is -4.55. The predicted octanol–water partition coefficient (Wildman–Crippen LogP) is 4.35. The second-order valence-corrected chi connectivity index (χ2v) is 11.0. The lowest BCUT2D eigenvalue weighted by Crippen LogP contribution is -2.40. The van der Waals surface area contributed by atoms with Gasteiger partial charge in [-0.3, -0.25) is 9.59 Å². The Balaban J connectivity index is 1.34. The summed E-state index contributed by atoms with van der Waals surface area (Å²) in [5, 5.41) is 4.79. The number of amides is 2. The molecule has 1 saturated heterocycles. The second kappa shape index (κ2) is 10.8. The number of piperidine rings is 1. The van der Waals surface area contributed by atoms with Crippen LogP contribution >= 0.6 is 11.8 Å². The zero-order valence-corrected chi connectivity index (χ0v) is 22.8. The van der Waals surface area contributed by atoms with Crippen molar-refractivity contribution < 1.29 is 27.2 Å². The summed E-state index contributed by atoms with van der Waals surface area (Å²) in [6, 6.07) is 9.33. The summed E-state index contributed by atoms with van der Waals surface area (Å²) >= 11 is 1.31. The number of halogens is 4. The van der Waals surface area contributed by atoms with Crippen LogP contribution < -0.4 is 10.6 Å². The number of carbonyl (C=O) groups excluding carboxylic acids is 2. The van der Waals surface area contributed by atoms with Crippen molar-refractivity contribution in [2.24, 2.45) is 5.73 Å². The molecule has 3 aromatic heterocycles. The van der Waals surface area contributed by atoms with E-state index in [9.17, 15) is 27.2 Å². The summed E-state index contributed by atoms with van der Waals surface area (Å²) in [5.41, 5.74) is 8.36. The zero-order valence-electron chi connectivity index (χ0n) is 22.0. The van der Waals surface area contributed by atoms with Gasteiger partial charge in [-0.2, -0.15) is 18.3 Å². The molecule has 42 heavy (non-hydrogen) atoms. The van der Waals surface area contributed by atoms with Gasteiger partial charge in [0.15, 0.2) is 11.5 Å². The van der Waals surface area contributed by atoms with Gasteiger partial charge in [0, 0.05) is 30.9 Å². The lowest BCUT2D eigenvalue weighted by atomic mass is 10.0. The standard InChI is InChI=1S/C27H24F4N8O2S/c28-17-3-1-16(2-4-17)24-25(38(14-33-24)18-7-9-36(10-8-18)23(40)11-27(29,30)31)19-5-6-21-34-22(13-39(21)35-19)37-12-20(26(32)41)42-15-37/h1-6,12-14,18H,7-11,15H2,(H2,32,41). The molecule has 2 aliphatic heterocycles. The second-order valence-electron chi connectivity index (χ2n) is 9.98. The van der Waals surface area contributed by atoms with E-state index in [4.69, 9.17) is 10.8 Å². The van der Waals surface area contributed by atoms with Crippen LogP contribution in [0, 0.1) is 5.82 Å². The number of nitrogens with two attached hydrogens (primary N) is 1. The largest absolute Gasteiger partial charge is 0.397 e. The van der Waals surface area contributed by atoms with Crippen molar-refractivity contribution in [2.75, 3.05) is 23.9 Å². The van der Waals surface area contributed by atoms with E-state index in [0.29, 0.717) is 57.7 Å². The Bertz CT molecular complexity index is 1690. The van der Waals surface area contributed by atoms with Crippen LogP contribution in [0.15, 0.2) is 60.0 Å². The molecule has 15 heteroatoms. The number of benzene rings is 1. The number of primary amides is 1. The molecule has 218 valence electrons. The summed E-state index contributed by atoms with van der Waals surface area (Å²) in [5.74, 6) is -0.790. The molecule has 4 aromatic rings. The number of hydrogen-bond donors (Lipinski definition) is 1. The molecule has 2 N–H and O–H groups in total. The van der Waals surface area contributed by atoms with Crippen LogP contribution in [-0.4, -0.2) is 66.0 Å². The minimum absolute atomic E-state index is 0.161. The number of thioether (sulfide) groups is 1. The normalized spacial score (nSPS) is 16.3. The van der Waals surface area contributed by atoms with E-state index < -0.39 is 30.2 Å². The zero-order chi connectivity index (χ0) is 29.6. The first-order chi connectivity index (χ1) is 20.1. The Morgan fingerprint density at radius 1 is 1.07 bits per heavy atom. The molecular weight excluding hydrogens is 576 g/mol. The highest BCUT2D eigenvalue weighted by Crippen LogP contribution is 2.36. The molecule has 0 aliphatic carbocycles. The average molecular weight is 601 g/mol. The van der Waals surface area contributed by atoms with Crippen LogP contribution in [0.1, 0.15) is 25.3 Å². The van der Waals surface area contributed by atoms with Gasteiger partial charge in [-0.05, 0) is 49.2 Å². The first-order valence-corrected chi connectivity index (χ1v) is 14.0. The van der Waals surface area contributed by atoms with E-state index in [-0.39, 0.29) is 19.1 Å².